The normalized spacial score (nSPS) is 15.2. The molecule has 0 bridgehead atoms. The number of carboxylic acids is 1. The van der Waals surface area contributed by atoms with Gasteiger partial charge in [0.25, 0.3) is 0 Å². The Balaban J connectivity index is 3.58. The van der Waals surface area contributed by atoms with Crippen LogP contribution in [0, 0.1) is 11.8 Å². The standard InChI is InChI=1S/C14H26O2/c1-4-5-6-7-8-9-10-12(2)11-13(3)14(15)16/h9-10,12-13H,4-8,11H2,1-3H3,(H,15,16)/b10-9+. The molecule has 0 heterocycles. The van der Waals surface area contributed by atoms with E-state index in [-0.39, 0.29) is 5.92 Å². The van der Waals surface area contributed by atoms with E-state index < -0.39 is 5.97 Å². The third-order valence-electron chi connectivity index (χ3n) is 2.84. The number of allylic oxidation sites excluding steroid dienone is 2. The van der Waals surface area contributed by atoms with Crippen molar-refractivity contribution in [2.24, 2.45) is 11.8 Å². The minimum Gasteiger partial charge on any atom is -0.481 e. The van der Waals surface area contributed by atoms with Crippen molar-refractivity contribution in [3.63, 3.8) is 0 Å². The molecule has 0 aromatic rings. The Bertz CT molecular complexity index is 209. The second-order valence-electron chi connectivity index (χ2n) is 4.73. The number of carbonyl (C=O) groups is 1. The highest BCUT2D eigenvalue weighted by Gasteiger charge is 2.12. The molecular weight excluding hydrogens is 200 g/mol. The predicted molar refractivity (Wildman–Crippen MR) is 68.5 cm³/mol. The topological polar surface area (TPSA) is 37.3 Å². The summed E-state index contributed by atoms with van der Waals surface area (Å²) in [6.45, 7) is 6.07. The maximum Gasteiger partial charge on any atom is 0.306 e. The Kier molecular flexibility index (Phi) is 8.97. The summed E-state index contributed by atoms with van der Waals surface area (Å²) in [6.07, 6.45) is 11.4. The lowest BCUT2D eigenvalue weighted by atomic mass is 9.97. The van der Waals surface area contributed by atoms with E-state index in [1.807, 2.05) is 0 Å². The smallest absolute Gasteiger partial charge is 0.306 e. The molecular formula is C14H26O2. The van der Waals surface area contributed by atoms with Crippen molar-refractivity contribution in [2.75, 3.05) is 0 Å². The molecule has 2 unspecified atom stereocenters. The van der Waals surface area contributed by atoms with E-state index in [2.05, 4.69) is 26.0 Å². The van der Waals surface area contributed by atoms with Crippen LogP contribution < -0.4 is 0 Å². The van der Waals surface area contributed by atoms with Gasteiger partial charge < -0.3 is 5.11 Å². The largest absolute Gasteiger partial charge is 0.481 e. The van der Waals surface area contributed by atoms with Gasteiger partial charge in [0.05, 0.1) is 5.92 Å². The summed E-state index contributed by atoms with van der Waals surface area (Å²) in [6, 6.07) is 0. The van der Waals surface area contributed by atoms with Gasteiger partial charge in [-0.1, -0.05) is 52.2 Å². The Morgan fingerprint density at radius 3 is 2.50 bits per heavy atom. The number of carboxylic acid groups (broad SMARTS) is 1. The zero-order valence-electron chi connectivity index (χ0n) is 10.9. The van der Waals surface area contributed by atoms with E-state index in [0.717, 1.165) is 12.8 Å². The number of unbranched alkanes of at least 4 members (excludes halogenated alkanes) is 4. The van der Waals surface area contributed by atoms with Crippen LogP contribution in [0.2, 0.25) is 0 Å². The summed E-state index contributed by atoms with van der Waals surface area (Å²) in [5.74, 6) is -0.555. The monoisotopic (exact) mass is 226 g/mol. The van der Waals surface area contributed by atoms with Gasteiger partial charge in [-0.25, -0.2) is 0 Å². The number of rotatable bonds is 9. The molecule has 0 saturated carbocycles. The Labute approximate surface area is 99.7 Å². The van der Waals surface area contributed by atoms with Crippen molar-refractivity contribution >= 4 is 5.97 Å². The second kappa shape index (κ2) is 9.44. The number of hydrogen-bond acceptors (Lipinski definition) is 1. The fourth-order valence-corrected chi connectivity index (χ4v) is 1.75. The Hall–Kier alpha value is -0.790. The highest BCUT2D eigenvalue weighted by Crippen LogP contribution is 2.14. The van der Waals surface area contributed by atoms with E-state index in [1.54, 1.807) is 6.92 Å². The van der Waals surface area contributed by atoms with Crippen molar-refractivity contribution in [3.05, 3.63) is 12.2 Å². The quantitative estimate of drug-likeness (QED) is 0.471. The van der Waals surface area contributed by atoms with Crippen LogP contribution in [0.15, 0.2) is 12.2 Å². The van der Waals surface area contributed by atoms with E-state index in [1.165, 1.54) is 25.7 Å². The molecule has 2 nitrogen and oxygen atoms in total. The molecule has 0 aliphatic rings. The first kappa shape index (κ1) is 15.2. The van der Waals surface area contributed by atoms with Crippen LogP contribution >= 0.6 is 0 Å². The number of aliphatic carboxylic acids is 1. The van der Waals surface area contributed by atoms with Crippen molar-refractivity contribution in [3.8, 4) is 0 Å². The molecule has 16 heavy (non-hydrogen) atoms. The van der Waals surface area contributed by atoms with Gasteiger partial charge in [-0.05, 0) is 25.2 Å². The van der Waals surface area contributed by atoms with Gasteiger partial charge in [0, 0.05) is 0 Å². The first-order valence-corrected chi connectivity index (χ1v) is 6.47. The molecule has 94 valence electrons. The lowest BCUT2D eigenvalue weighted by Crippen LogP contribution is -2.12. The summed E-state index contributed by atoms with van der Waals surface area (Å²) in [7, 11) is 0. The highest BCUT2D eigenvalue weighted by molar-refractivity contribution is 5.69. The fraction of sp³-hybridized carbons (Fsp3) is 0.786. The Morgan fingerprint density at radius 2 is 1.94 bits per heavy atom. The predicted octanol–water partition coefficient (Wildman–Crippen LogP) is 4.26. The maximum atomic E-state index is 10.7. The highest BCUT2D eigenvalue weighted by atomic mass is 16.4. The van der Waals surface area contributed by atoms with E-state index in [4.69, 9.17) is 5.11 Å². The van der Waals surface area contributed by atoms with Gasteiger partial charge in [-0.3, -0.25) is 4.79 Å². The van der Waals surface area contributed by atoms with Gasteiger partial charge in [0.15, 0.2) is 0 Å². The van der Waals surface area contributed by atoms with E-state index >= 15 is 0 Å². The lowest BCUT2D eigenvalue weighted by molar-refractivity contribution is -0.141. The van der Waals surface area contributed by atoms with Gasteiger partial charge in [0.2, 0.25) is 0 Å². The summed E-state index contributed by atoms with van der Waals surface area (Å²) in [5, 5.41) is 8.78. The summed E-state index contributed by atoms with van der Waals surface area (Å²) in [5.41, 5.74) is 0. The molecule has 0 rings (SSSR count). The maximum absolute atomic E-state index is 10.7. The first-order chi connectivity index (χ1) is 7.57. The van der Waals surface area contributed by atoms with Gasteiger partial charge in [0.1, 0.15) is 0 Å². The zero-order valence-corrected chi connectivity index (χ0v) is 10.9. The van der Waals surface area contributed by atoms with Crippen LogP contribution in [0.25, 0.3) is 0 Å². The van der Waals surface area contributed by atoms with Gasteiger partial charge in [-0.2, -0.15) is 0 Å². The van der Waals surface area contributed by atoms with Crippen molar-refractivity contribution in [1.82, 2.24) is 0 Å². The zero-order chi connectivity index (χ0) is 12.4. The average molecular weight is 226 g/mol. The van der Waals surface area contributed by atoms with Crippen LogP contribution in [0.5, 0.6) is 0 Å². The SMILES string of the molecule is CCCCCC/C=C/C(C)CC(C)C(=O)O. The molecule has 0 aromatic heterocycles. The van der Waals surface area contributed by atoms with Crippen LogP contribution in [0.1, 0.15) is 59.3 Å². The molecule has 0 aliphatic heterocycles. The molecule has 2 heteroatoms. The molecule has 0 saturated heterocycles. The van der Waals surface area contributed by atoms with E-state index in [0.29, 0.717) is 5.92 Å². The molecule has 2 atom stereocenters. The third kappa shape index (κ3) is 8.51. The van der Waals surface area contributed by atoms with Crippen LogP contribution in [-0.4, -0.2) is 11.1 Å². The van der Waals surface area contributed by atoms with Crippen LogP contribution in [0.3, 0.4) is 0 Å². The average Bonchev–Trinajstić information content (AvgIpc) is 2.23. The minimum absolute atomic E-state index is 0.236. The molecule has 0 amide bonds. The lowest BCUT2D eigenvalue weighted by Gasteiger charge is -2.09. The summed E-state index contributed by atoms with van der Waals surface area (Å²) in [4.78, 5) is 10.7. The fourth-order valence-electron chi connectivity index (χ4n) is 1.75. The van der Waals surface area contributed by atoms with E-state index in [9.17, 15) is 4.79 Å². The first-order valence-electron chi connectivity index (χ1n) is 6.47. The third-order valence-corrected chi connectivity index (χ3v) is 2.84. The van der Waals surface area contributed by atoms with Crippen molar-refractivity contribution < 1.29 is 9.90 Å². The van der Waals surface area contributed by atoms with Gasteiger partial charge >= 0.3 is 5.97 Å². The van der Waals surface area contributed by atoms with Crippen LogP contribution in [0.4, 0.5) is 0 Å². The molecule has 0 fully saturated rings. The molecule has 0 radical (unpaired) electrons. The van der Waals surface area contributed by atoms with Gasteiger partial charge in [-0.15, -0.1) is 0 Å². The second-order valence-corrected chi connectivity index (χ2v) is 4.73. The Morgan fingerprint density at radius 1 is 1.25 bits per heavy atom. The molecule has 0 aliphatic carbocycles. The molecule has 0 spiro atoms. The molecule has 1 N–H and O–H groups in total. The van der Waals surface area contributed by atoms with Crippen molar-refractivity contribution in [1.29, 1.82) is 0 Å². The molecule has 0 aromatic carbocycles. The summed E-state index contributed by atoms with van der Waals surface area (Å²) >= 11 is 0. The number of hydrogen-bond donors (Lipinski definition) is 1. The van der Waals surface area contributed by atoms with Crippen molar-refractivity contribution in [2.45, 2.75) is 59.3 Å². The van der Waals surface area contributed by atoms with Crippen LogP contribution in [-0.2, 0) is 4.79 Å². The minimum atomic E-state index is -0.691. The summed E-state index contributed by atoms with van der Waals surface area (Å²) < 4.78 is 0.